The summed E-state index contributed by atoms with van der Waals surface area (Å²) in [5, 5.41) is 38.8. The fourth-order valence-electron chi connectivity index (χ4n) is 7.54. The van der Waals surface area contributed by atoms with Gasteiger partial charge in [-0.25, -0.2) is 0 Å². The zero-order valence-electron chi connectivity index (χ0n) is 47.5. The van der Waals surface area contributed by atoms with Crippen molar-refractivity contribution in [1.82, 2.24) is 58.5 Å². The first-order chi connectivity index (χ1) is 34.3. The van der Waals surface area contributed by atoms with Crippen LogP contribution in [0, 0.1) is 23.7 Å². The monoisotopic (exact) mass is 1050 g/mol. The van der Waals surface area contributed by atoms with Crippen LogP contribution in [-0.2, 0) is 47.9 Å². The molecule has 22 nitrogen and oxygen atoms in total. The highest BCUT2D eigenvalue weighted by molar-refractivity contribution is 5.98. The van der Waals surface area contributed by atoms with E-state index >= 15 is 0 Å². The molecule has 0 saturated heterocycles. The van der Waals surface area contributed by atoms with E-state index in [-0.39, 0.29) is 55.6 Å². The lowest BCUT2D eigenvalue weighted by atomic mass is 9.97. The zero-order chi connectivity index (χ0) is 57.0. The van der Waals surface area contributed by atoms with Crippen molar-refractivity contribution < 1.29 is 53.1 Å². The summed E-state index contributed by atoms with van der Waals surface area (Å²) < 4.78 is 0. The molecule has 426 valence electrons. The molecule has 0 aliphatic rings. The smallest absolute Gasteiger partial charge is 0.245 e. The molecule has 12 N–H and O–H groups in total. The molecule has 0 aliphatic carbocycles. The van der Waals surface area contributed by atoms with E-state index in [0.717, 1.165) is 19.3 Å². The lowest BCUT2D eigenvalue weighted by molar-refractivity contribution is -0.136. The van der Waals surface area contributed by atoms with E-state index in [1.54, 1.807) is 20.8 Å². The van der Waals surface area contributed by atoms with Gasteiger partial charge < -0.3 is 63.6 Å². The van der Waals surface area contributed by atoms with Crippen LogP contribution in [0.1, 0.15) is 168 Å². The maximum Gasteiger partial charge on any atom is 0.245 e. The molecule has 22 heteroatoms. The lowest BCUT2D eigenvalue weighted by Crippen LogP contribution is -2.61. The molecule has 0 rings (SSSR count). The number of aliphatic hydroxyl groups excluding tert-OH is 1. The molecular weight excluding hydrogens is 955 g/mol. The molecule has 0 fully saturated rings. The summed E-state index contributed by atoms with van der Waals surface area (Å²) in [4.78, 5) is 131. The van der Waals surface area contributed by atoms with Crippen LogP contribution in [0.4, 0.5) is 0 Å². The van der Waals surface area contributed by atoms with Gasteiger partial charge in [0.05, 0.1) is 44.4 Å². The van der Waals surface area contributed by atoms with E-state index in [1.165, 1.54) is 47.0 Å². The van der Waals surface area contributed by atoms with E-state index in [9.17, 15) is 53.1 Å². The maximum absolute atomic E-state index is 13.5. The Bertz CT molecular complexity index is 1840. The van der Waals surface area contributed by atoms with Crippen molar-refractivity contribution in [3.05, 3.63) is 0 Å². The van der Waals surface area contributed by atoms with Gasteiger partial charge in [0.1, 0.15) is 29.2 Å². The Morgan fingerprint density at radius 2 is 0.838 bits per heavy atom. The van der Waals surface area contributed by atoms with Gasteiger partial charge in [0.15, 0.2) is 0 Å². The van der Waals surface area contributed by atoms with Crippen LogP contribution in [-0.4, -0.2) is 144 Å². The number of nitrogens with one attached hydrogen (secondary N) is 11. The molecule has 0 aromatic rings. The summed E-state index contributed by atoms with van der Waals surface area (Å²) in [6.07, 6.45) is 8.16. The van der Waals surface area contributed by atoms with Crippen molar-refractivity contribution in [3.63, 3.8) is 0 Å². The van der Waals surface area contributed by atoms with Crippen LogP contribution >= 0.6 is 0 Å². The second-order valence-electron chi connectivity index (χ2n) is 22.3. The summed E-state index contributed by atoms with van der Waals surface area (Å²) >= 11 is 0. The van der Waals surface area contributed by atoms with Crippen LogP contribution in [0.3, 0.4) is 0 Å². The third kappa shape index (κ3) is 28.3. The fraction of sp³-hybridized carbons (Fsp3) is 0.808. The van der Waals surface area contributed by atoms with Crippen LogP contribution in [0.25, 0.3) is 0 Å². The number of rotatable bonds is 37. The van der Waals surface area contributed by atoms with Crippen molar-refractivity contribution in [2.75, 3.05) is 39.3 Å². The van der Waals surface area contributed by atoms with Gasteiger partial charge in [-0.1, -0.05) is 101 Å². The summed E-state index contributed by atoms with van der Waals surface area (Å²) in [5.41, 5.74) is -4.06. The molecule has 0 saturated carbocycles. The molecule has 74 heavy (non-hydrogen) atoms. The lowest BCUT2D eigenvalue weighted by Gasteiger charge is -2.29. The van der Waals surface area contributed by atoms with Gasteiger partial charge in [-0.2, -0.15) is 0 Å². The number of hydrogen-bond acceptors (Lipinski definition) is 12. The third-order valence-electron chi connectivity index (χ3n) is 12.2. The van der Waals surface area contributed by atoms with Gasteiger partial charge in [-0.05, 0) is 97.4 Å². The first-order valence-electron chi connectivity index (χ1n) is 26.6. The summed E-state index contributed by atoms with van der Waals surface area (Å²) in [6.45, 7) is 24.6. The second-order valence-corrected chi connectivity index (χ2v) is 22.3. The summed E-state index contributed by atoms with van der Waals surface area (Å²) in [5.74, 6) is -6.59. The third-order valence-corrected chi connectivity index (χ3v) is 12.2. The highest BCUT2D eigenvalue weighted by Gasteiger charge is 2.36. The number of unbranched alkanes of at least 4 members (excludes halogenated alkanes) is 5. The summed E-state index contributed by atoms with van der Waals surface area (Å²) in [6, 6.07) is -3.61. The number of hydrogen-bond donors (Lipinski definition) is 12. The highest BCUT2D eigenvalue weighted by atomic mass is 16.3. The molecule has 1 unspecified atom stereocenters. The van der Waals surface area contributed by atoms with Crippen LogP contribution in [0.15, 0.2) is 0 Å². The number of carbonyl (C=O) groups is 10. The molecule has 0 aromatic carbocycles. The molecular formula is C52H97N11O11. The van der Waals surface area contributed by atoms with Crippen molar-refractivity contribution in [3.8, 4) is 0 Å². The normalized spacial score (nSPS) is 13.9. The van der Waals surface area contributed by atoms with Gasteiger partial charge in [-0.15, -0.1) is 0 Å². The average molecular weight is 1050 g/mol. The Balaban J connectivity index is 5.32. The molecule has 10 amide bonds. The Hall–Kier alpha value is -5.38. The molecule has 5 atom stereocenters. The van der Waals surface area contributed by atoms with Crippen LogP contribution in [0.2, 0.25) is 0 Å². The zero-order valence-corrected chi connectivity index (χ0v) is 47.5. The SMILES string of the molecule is CCCCCCCCNC(C)(C)C(=O)NCC(=O)N[C@@H](CC(C)C)C(=O)NC(C)(C)C(=O)NCC(=O)NCC(=O)N[C@@H](CC(C)C)C(=O)NC(C)(C)C(=O)NCC(=O)N[C@H](C(=O)NC(CO)CC(C)C)[C@@H](C)CC. The fourth-order valence-corrected chi connectivity index (χ4v) is 7.54. The molecule has 0 radical (unpaired) electrons. The Kier molecular flexibility index (Phi) is 31.8. The molecule has 0 heterocycles. The minimum atomic E-state index is -1.57. The summed E-state index contributed by atoms with van der Waals surface area (Å²) in [7, 11) is 0. The molecule has 0 aliphatic heterocycles. The quantitative estimate of drug-likeness (QED) is 0.0389. The minimum Gasteiger partial charge on any atom is -0.394 e. The first-order valence-corrected chi connectivity index (χ1v) is 26.6. The molecule has 0 spiro atoms. The van der Waals surface area contributed by atoms with Crippen LogP contribution in [0.5, 0.6) is 0 Å². The second kappa shape index (κ2) is 34.2. The highest BCUT2D eigenvalue weighted by Crippen LogP contribution is 2.13. The predicted molar refractivity (Wildman–Crippen MR) is 285 cm³/mol. The topological polar surface area (TPSA) is 323 Å². The predicted octanol–water partition coefficient (Wildman–Crippen LogP) is 1.09. The largest absolute Gasteiger partial charge is 0.394 e. The van der Waals surface area contributed by atoms with E-state index in [1.807, 2.05) is 48.5 Å². The van der Waals surface area contributed by atoms with E-state index < -0.39 is 114 Å². The molecule has 0 bridgehead atoms. The van der Waals surface area contributed by atoms with Gasteiger partial charge >= 0.3 is 0 Å². The number of amides is 10. The van der Waals surface area contributed by atoms with Gasteiger partial charge in [0.2, 0.25) is 59.1 Å². The van der Waals surface area contributed by atoms with Gasteiger partial charge in [0.25, 0.3) is 0 Å². The Morgan fingerprint density at radius 3 is 1.26 bits per heavy atom. The van der Waals surface area contributed by atoms with E-state index in [4.69, 9.17) is 0 Å². The van der Waals surface area contributed by atoms with Gasteiger partial charge in [0, 0.05) is 0 Å². The maximum atomic E-state index is 13.5. The Labute approximate surface area is 441 Å². The van der Waals surface area contributed by atoms with Crippen molar-refractivity contribution >= 4 is 59.1 Å². The average Bonchev–Trinajstić information content (AvgIpc) is 3.30. The van der Waals surface area contributed by atoms with Gasteiger partial charge in [-0.3, -0.25) is 47.9 Å². The first kappa shape index (κ1) is 68.6. The number of carbonyl (C=O) groups excluding carboxylic acids is 10. The van der Waals surface area contributed by atoms with Crippen molar-refractivity contribution in [2.45, 2.75) is 209 Å². The minimum absolute atomic E-state index is 0.0392. The standard InChI is InChI=1S/C52H97N11O11/c1-16-18-19-20-21-22-23-57-50(10,11)47(72)55-29-41(67)60-38(26-34(7)8)45(70)62-51(12,13)48(73)54-27-39(65)53-28-40(66)59-37(25-33(5)6)44(69)63-52(14,15)49(74)56-30-42(68)61-43(35(9)17-2)46(71)58-36(31-64)24-32(3)4/h32-38,43,57,64H,16-31H2,1-15H3,(H,53,65)(H,54,73)(H,55,72)(H,56,74)(H,58,71)(H,59,66)(H,60,67)(H,61,68)(H,62,70)(H,63,69)/t35-,36?,37-,38-,43-/m0/s1. The van der Waals surface area contributed by atoms with E-state index in [0.29, 0.717) is 19.4 Å². The van der Waals surface area contributed by atoms with E-state index in [2.05, 4.69) is 65.4 Å². The Morgan fingerprint density at radius 1 is 0.446 bits per heavy atom. The molecule has 0 aromatic heterocycles. The van der Waals surface area contributed by atoms with Crippen molar-refractivity contribution in [1.29, 1.82) is 0 Å². The van der Waals surface area contributed by atoms with Crippen molar-refractivity contribution in [2.24, 2.45) is 23.7 Å². The number of aliphatic hydroxyl groups is 1. The van der Waals surface area contributed by atoms with Crippen LogP contribution < -0.4 is 58.5 Å².